The highest BCUT2D eigenvalue weighted by Crippen LogP contribution is 2.24. The van der Waals surface area contributed by atoms with Crippen molar-refractivity contribution < 1.29 is 13.2 Å². The van der Waals surface area contributed by atoms with Crippen LogP contribution in [0.15, 0.2) is 64.9 Å². The van der Waals surface area contributed by atoms with Gasteiger partial charge in [-0.2, -0.15) is 0 Å². The van der Waals surface area contributed by atoms with Crippen molar-refractivity contribution in [2.75, 3.05) is 6.26 Å². The molecule has 7 heteroatoms. The normalized spacial score (nSPS) is 12.5. The summed E-state index contributed by atoms with van der Waals surface area (Å²) < 4.78 is 23.0. The van der Waals surface area contributed by atoms with Gasteiger partial charge >= 0.3 is 0 Å². The van der Waals surface area contributed by atoms with Crippen molar-refractivity contribution in [1.29, 1.82) is 0 Å². The van der Waals surface area contributed by atoms with Crippen LogP contribution in [-0.2, 0) is 9.84 Å². The molecule has 3 aromatic rings. The second-order valence-corrected chi connectivity index (χ2v) is 8.81. The fraction of sp³-hybridized carbons (Fsp3) is 0.158. The standard InChI is InChI=1S/C19H18N2O3S2/c1-13(14-8-10-16(11-9-14)26(2,23)24)20-18(22)17-12-25-19(21-17)15-6-4-3-5-7-15/h3-13H,1-2H3,(H,20,22)/t13-/m1/s1. The average molecular weight is 386 g/mol. The molecule has 1 aromatic heterocycles. The first-order valence-corrected chi connectivity index (χ1v) is 10.7. The smallest absolute Gasteiger partial charge is 0.271 e. The predicted octanol–water partition coefficient (Wildman–Crippen LogP) is 3.70. The Bertz CT molecular complexity index is 1010. The molecule has 0 saturated carbocycles. The third kappa shape index (κ3) is 4.17. The first-order chi connectivity index (χ1) is 12.3. The van der Waals surface area contributed by atoms with Crippen LogP contribution in [-0.4, -0.2) is 25.6 Å². The number of hydrogen-bond donors (Lipinski definition) is 1. The number of carbonyl (C=O) groups excluding carboxylic acids is 1. The highest BCUT2D eigenvalue weighted by Gasteiger charge is 2.16. The van der Waals surface area contributed by atoms with Gasteiger partial charge in [0.15, 0.2) is 9.84 Å². The highest BCUT2D eigenvalue weighted by molar-refractivity contribution is 7.90. The molecular weight excluding hydrogens is 368 g/mol. The van der Waals surface area contributed by atoms with Gasteiger partial charge in [0.2, 0.25) is 0 Å². The minimum atomic E-state index is -3.23. The zero-order valence-corrected chi connectivity index (χ0v) is 16.0. The van der Waals surface area contributed by atoms with Crippen molar-refractivity contribution in [3.63, 3.8) is 0 Å². The van der Waals surface area contributed by atoms with Gasteiger partial charge in [0.1, 0.15) is 10.7 Å². The minimum absolute atomic E-state index is 0.256. The van der Waals surface area contributed by atoms with Crippen LogP contribution in [0.4, 0.5) is 0 Å². The lowest BCUT2D eigenvalue weighted by atomic mass is 10.1. The monoisotopic (exact) mass is 386 g/mol. The highest BCUT2D eigenvalue weighted by atomic mass is 32.2. The van der Waals surface area contributed by atoms with Crippen molar-refractivity contribution in [2.45, 2.75) is 17.9 Å². The van der Waals surface area contributed by atoms with Gasteiger partial charge in [-0.3, -0.25) is 4.79 Å². The molecule has 0 spiro atoms. The number of benzene rings is 2. The molecule has 0 radical (unpaired) electrons. The summed E-state index contributed by atoms with van der Waals surface area (Å²) >= 11 is 1.42. The van der Waals surface area contributed by atoms with Crippen LogP contribution < -0.4 is 5.32 Å². The van der Waals surface area contributed by atoms with Crippen molar-refractivity contribution in [3.05, 3.63) is 71.2 Å². The second kappa shape index (κ2) is 7.39. The molecule has 134 valence electrons. The molecular formula is C19H18N2O3S2. The van der Waals surface area contributed by atoms with Gasteiger partial charge in [0.25, 0.3) is 5.91 Å². The molecule has 1 atom stereocenters. The van der Waals surface area contributed by atoms with E-state index in [2.05, 4.69) is 10.3 Å². The number of sulfone groups is 1. The number of aromatic nitrogens is 1. The summed E-state index contributed by atoms with van der Waals surface area (Å²) in [6.07, 6.45) is 1.17. The van der Waals surface area contributed by atoms with Gasteiger partial charge in [-0.05, 0) is 24.6 Å². The SMILES string of the molecule is C[C@@H](NC(=O)c1csc(-c2ccccc2)n1)c1ccc(S(C)(=O)=O)cc1. The maximum atomic E-state index is 12.4. The molecule has 0 aliphatic heterocycles. The zero-order chi connectivity index (χ0) is 18.7. The van der Waals surface area contributed by atoms with Crippen molar-refractivity contribution in [3.8, 4) is 10.6 Å². The Balaban J connectivity index is 1.71. The number of nitrogens with zero attached hydrogens (tertiary/aromatic N) is 1. The van der Waals surface area contributed by atoms with Crippen molar-refractivity contribution >= 4 is 27.1 Å². The Morgan fingerprint density at radius 1 is 1.08 bits per heavy atom. The maximum Gasteiger partial charge on any atom is 0.271 e. The van der Waals surface area contributed by atoms with Gasteiger partial charge in [0, 0.05) is 17.2 Å². The van der Waals surface area contributed by atoms with Crippen LogP contribution in [0.25, 0.3) is 10.6 Å². The van der Waals surface area contributed by atoms with E-state index in [4.69, 9.17) is 0 Å². The molecule has 1 N–H and O–H groups in total. The van der Waals surface area contributed by atoms with Crippen LogP contribution in [0.2, 0.25) is 0 Å². The van der Waals surface area contributed by atoms with Gasteiger partial charge in [-0.25, -0.2) is 13.4 Å². The largest absolute Gasteiger partial charge is 0.344 e. The van der Waals surface area contributed by atoms with Gasteiger partial charge in [-0.15, -0.1) is 11.3 Å². The Morgan fingerprint density at radius 2 is 1.73 bits per heavy atom. The lowest BCUT2D eigenvalue weighted by Crippen LogP contribution is -2.26. The van der Waals surface area contributed by atoms with Crippen LogP contribution in [0.5, 0.6) is 0 Å². The molecule has 0 bridgehead atoms. The van der Waals surface area contributed by atoms with Gasteiger partial charge < -0.3 is 5.32 Å². The molecule has 0 fully saturated rings. The number of thiazole rings is 1. The zero-order valence-electron chi connectivity index (χ0n) is 14.3. The van der Waals surface area contributed by atoms with Gasteiger partial charge in [0.05, 0.1) is 10.9 Å². The Morgan fingerprint density at radius 3 is 2.35 bits per heavy atom. The quantitative estimate of drug-likeness (QED) is 0.725. The molecule has 1 heterocycles. The van der Waals surface area contributed by atoms with E-state index in [1.165, 1.54) is 17.6 Å². The molecule has 0 unspecified atom stereocenters. The van der Waals surface area contributed by atoms with Gasteiger partial charge in [-0.1, -0.05) is 42.5 Å². The summed E-state index contributed by atoms with van der Waals surface area (Å²) in [6.45, 7) is 1.85. The number of amides is 1. The van der Waals surface area contributed by atoms with Crippen LogP contribution in [0.1, 0.15) is 29.0 Å². The molecule has 1 amide bonds. The Kier molecular flexibility index (Phi) is 5.20. The Hall–Kier alpha value is -2.51. The van der Waals surface area contributed by atoms with Crippen molar-refractivity contribution in [1.82, 2.24) is 10.3 Å². The van der Waals surface area contributed by atoms with E-state index in [1.807, 2.05) is 37.3 Å². The molecule has 3 rings (SSSR count). The van der Waals surface area contributed by atoms with Crippen LogP contribution in [0, 0.1) is 0 Å². The molecule has 26 heavy (non-hydrogen) atoms. The lowest BCUT2D eigenvalue weighted by Gasteiger charge is -2.14. The maximum absolute atomic E-state index is 12.4. The van der Waals surface area contributed by atoms with E-state index in [0.29, 0.717) is 5.69 Å². The molecule has 0 aliphatic rings. The summed E-state index contributed by atoms with van der Waals surface area (Å²) in [4.78, 5) is 17.1. The first-order valence-electron chi connectivity index (χ1n) is 7.96. The van der Waals surface area contributed by atoms with E-state index in [1.54, 1.807) is 29.6 Å². The number of hydrogen-bond acceptors (Lipinski definition) is 5. The third-order valence-corrected chi connectivity index (χ3v) is 5.93. The second-order valence-electron chi connectivity index (χ2n) is 5.94. The molecule has 0 saturated heterocycles. The van der Waals surface area contributed by atoms with Crippen molar-refractivity contribution in [2.24, 2.45) is 0 Å². The summed E-state index contributed by atoms with van der Waals surface area (Å²) in [7, 11) is -3.23. The number of carbonyl (C=O) groups is 1. The lowest BCUT2D eigenvalue weighted by molar-refractivity contribution is 0.0935. The fourth-order valence-corrected chi connectivity index (χ4v) is 3.89. The average Bonchev–Trinajstić information content (AvgIpc) is 3.12. The van der Waals surface area contributed by atoms with E-state index < -0.39 is 9.84 Å². The van der Waals surface area contributed by atoms with E-state index in [9.17, 15) is 13.2 Å². The van der Waals surface area contributed by atoms with E-state index >= 15 is 0 Å². The third-order valence-electron chi connectivity index (χ3n) is 3.91. The molecule has 2 aromatic carbocycles. The van der Waals surface area contributed by atoms with E-state index in [0.717, 1.165) is 16.1 Å². The van der Waals surface area contributed by atoms with E-state index in [-0.39, 0.29) is 16.8 Å². The number of rotatable bonds is 5. The molecule has 0 aliphatic carbocycles. The summed E-state index contributed by atoms with van der Waals surface area (Å²) in [5, 5.41) is 5.42. The van der Waals surface area contributed by atoms with Crippen LogP contribution >= 0.6 is 11.3 Å². The summed E-state index contributed by atoms with van der Waals surface area (Å²) in [5.74, 6) is -0.261. The fourth-order valence-electron chi connectivity index (χ4n) is 2.45. The summed E-state index contributed by atoms with van der Waals surface area (Å²) in [6, 6.07) is 15.9. The summed E-state index contributed by atoms with van der Waals surface area (Å²) in [5.41, 5.74) is 2.17. The first kappa shape index (κ1) is 18.3. The Labute approximate surface area is 156 Å². The molecule has 5 nitrogen and oxygen atoms in total. The van der Waals surface area contributed by atoms with Crippen LogP contribution in [0.3, 0.4) is 0 Å². The number of nitrogens with one attached hydrogen (secondary N) is 1. The topological polar surface area (TPSA) is 76.1 Å². The predicted molar refractivity (Wildman–Crippen MR) is 103 cm³/mol. The minimum Gasteiger partial charge on any atom is -0.344 e.